The van der Waals surface area contributed by atoms with Crippen molar-refractivity contribution in [3.05, 3.63) is 40.4 Å². The molecule has 0 fully saturated rings. The predicted octanol–water partition coefficient (Wildman–Crippen LogP) is 3.59. The minimum atomic E-state index is -0.461. The van der Waals surface area contributed by atoms with Crippen LogP contribution in [-0.4, -0.2) is 6.54 Å². The number of benzene rings is 1. The van der Waals surface area contributed by atoms with E-state index in [1.165, 1.54) is 6.92 Å². The fraction of sp³-hybridized carbons (Fsp3) is 0.200. The van der Waals surface area contributed by atoms with Gasteiger partial charge in [0.15, 0.2) is 0 Å². The SMILES string of the molecule is C=C(Br)CNc1cc(F)c(C)cc1F. The van der Waals surface area contributed by atoms with Crippen molar-refractivity contribution in [2.24, 2.45) is 0 Å². The third kappa shape index (κ3) is 2.80. The van der Waals surface area contributed by atoms with Gasteiger partial charge in [0, 0.05) is 17.1 Å². The topological polar surface area (TPSA) is 12.0 Å². The molecule has 0 aliphatic carbocycles. The van der Waals surface area contributed by atoms with Gasteiger partial charge in [0.05, 0.1) is 5.69 Å². The van der Waals surface area contributed by atoms with Crippen LogP contribution in [0.15, 0.2) is 23.2 Å². The van der Waals surface area contributed by atoms with Crippen molar-refractivity contribution in [1.82, 2.24) is 0 Å². The van der Waals surface area contributed by atoms with Crippen molar-refractivity contribution in [1.29, 1.82) is 0 Å². The van der Waals surface area contributed by atoms with E-state index in [0.29, 0.717) is 16.6 Å². The van der Waals surface area contributed by atoms with Crippen LogP contribution in [0.4, 0.5) is 14.5 Å². The average molecular weight is 262 g/mol. The molecular formula is C10H10BrF2N. The fourth-order valence-corrected chi connectivity index (χ4v) is 1.11. The molecule has 1 N–H and O–H groups in total. The van der Waals surface area contributed by atoms with E-state index in [0.717, 1.165) is 12.1 Å². The van der Waals surface area contributed by atoms with E-state index in [9.17, 15) is 8.78 Å². The first-order valence-corrected chi connectivity index (χ1v) is 4.83. The minimum absolute atomic E-state index is 0.147. The normalized spacial score (nSPS) is 10.0. The van der Waals surface area contributed by atoms with Crippen LogP contribution in [0.3, 0.4) is 0 Å². The average Bonchev–Trinajstić information content (AvgIpc) is 2.09. The molecule has 0 radical (unpaired) electrons. The summed E-state index contributed by atoms with van der Waals surface area (Å²) in [5, 5.41) is 2.72. The van der Waals surface area contributed by atoms with Crippen molar-refractivity contribution in [2.75, 3.05) is 11.9 Å². The van der Waals surface area contributed by atoms with E-state index in [1.54, 1.807) is 0 Å². The lowest BCUT2D eigenvalue weighted by Gasteiger charge is -2.07. The summed E-state index contributed by atoms with van der Waals surface area (Å²) in [6.45, 7) is 5.46. The first-order valence-electron chi connectivity index (χ1n) is 4.03. The zero-order valence-corrected chi connectivity index (χ0v) is 9.29. The van der Waals surface area contributed by atoms with Gasteiger partial charge in [0.2, 0.25) is 0 Å². The van der Waals surface area contributed by atoms with Gasteiger partial charge in [-0.3, -0.25) is 0 Å². The lowest BCUT2D eigenvalue weighted by atomic mass is 10.2. The highest BCUT2D eigenvalue weighted by atomic mass is 79.9. The third-order valence-corrected chi connectivity index (χ3v) is 2.00. The van der Waals surface area contributed by atoms with Crippen LogP contribution in [0.25, 0.3) is 0 Å². The number of hydrogen-bond donors (Lipinski definition) is 1. The molecule has 0 heterocycles. The van der Waals surface area contributed by atoms with E-state index in [4.69, 9.17) is 0 Å². The fourth-order valence-electron chi connectivity index (χ4n) is 0.973. The van der Waals surface area contributed by atoms with E-state index < -0.39 is 11.6 Å². The lowest BCUT2D eigenvalue weighted by Crippen LogP contribution is -2.03. The van der Waals surface area contributed by atoms with E-state index >= 15 is 0 Å². The van der Waals surface area contributed by atoms with Crippen molar-refractivity contribution >= 4 is 21.6 Å². The van der Waals surface area contributed by atoms with Gasteiger partial charge >= 0.3 is 0 Å². The van der Waals surface area contributed by atoms with Crippen molar-refractivity contribution in [3.63, 3.8) is 0 Å². The Bertz CT molecular complexity index is 363. The van der Waals surface area contributed by atoms with Gasteiger partial charge < -0.3 is 5.32 Å². The Balaban J connectivity index is 2.87. The Morgan fingerprint density at radius 2 is 2.07 bits per heavy atom. The largest absolute Gasteiger partial charge is 0.378 e. The minimum Gasteiger partial charge on any atom is -0.378 e. The molecule has 4 heteroatoms. The molecule has 14 heavy (non-hydrogen) atoms. The maximum Gasteiger partial charge on any atom is 0.146 e. The van der Waals surface area contributed by atoms with Gasteiger partial charge in [-0.05, 0) is 18.6 Å². The second kappa shape index (κ2) is 4.55. The van der Waals surface area contributed by atoms with Crippen molar-refractivity contribution in [2.45, 2.75) is 6.92 Å². The summed E-state index contributed by atoms with van der Waals surface area (Å²) in [6, 6.07) is 2.30. The van der Waals surface area contributed by atoms with Crippen molar-refractivity contribution in [3.8, 4) is 0 Å². The monoisotopic (exact) mass is 261 g/mol. The van der Waals surface area contributed by atoms with Crippen LogP contribution in [0, 0.1) is 18.6 Å². The molecule has 0 bridgehead atoms. The predicted molar refractivity (Wildman–Crippen MR) is 57.7 cm³/mol. The lowest BCUT2D eigenvalue weighted by molar-refractivity contribution is 0.595. The number of rotatable bonds is 3. The molecule has 0 atom stereocenters. The highest BCUT2D eigenvalue weighted by Crippen LogP contribution is 2.19. The van der Waals surface area contributed by atoms with Gasteiger partial charge in [-0.25, -0.2) is 8.78 Å². The molecule has 76 valence electrons. The number of halogens is 3. The smallest absolute Gasteiger partial charge is 0.146 e. The standard InChI is InChI=1S/C10H10BrF2N/c1-6-3-9(13)10(4-8(6)12)14-5-7(2)11/h3-4,14H,2,5H2,1H3. The van der Waals surface area contributed by atoms with Crippen LogP contribution < -0.4 is 5.32 Å². The molecule has 1 nitrogen and oxygen atoms in total. The first-order chi connectivity index (χ1) is 6.50. The van der Waals surface area contributed by atoms with Gasteiger partial charge in [0.1, 0.15) is 11.6 Å². The zero-order valence-electron chi connectivity index (χ0n) is 7.70. The molecule has 1 rings (SSSR count). The Morgan fingerprint density at radius 1 is 1.43 bits per heavy atom. The summed E-state index contributed by atoms with van der Waals surface area (Å²) >= 11 is 3.12. The number of anilines is 1. The van der Waals surface area contributed by atoms with Crippen LogP contribution in [0.2, 0.25) is 0 Å². The molecule has 0 saturated heterocycles. The second-order valence-corrected chi connectivity index (χ2v) is 4.07. The highest BCUT2D eigenvalue weighted by molar-refractivity contribution is 9.11. The Labute approximate surface area is 90.0 Å². The molecule has 0 aliphatic heterocycles. The maximum atomic E-state index is 13.2. The Hall–Kier alpha value is -0.900. The molecule has 0 aliphatic rings. The van der Waals surface area contributed by atoms with Crippen LogP contribution in [0.5, 0.6) is 0 Å². The molecule has 1 aromatic carbocycles. The van der Waals surface area contributed by atoms with Crippen LogP contribution >= 0.6 is 15.9 Å². The summed E-state index contributed by atoms with van der Waals surface area (Å²) < 4.78 is 26.9. The number of aryl methyl sites for hydroxylation is 1. The quantitative estimate of drug-likeness (QED) is 0.877. The van der Waals surface area contributed by atoms with Crippen LogP contribution in [0.1, 0.15) is 5.56 Å². The molecule has 1 aromatic rings. The zero-order chi connectivity index (χ0) is 10.7. The van der Waals surface area contributed by atoms with Crippen molar-refractivity contribution < 1.29 is 8.78 Å². The molecule has 0 amide bonds. The van der Waals surface area contributed by atoms with Gasteiger partial charge in [-0.2, -0.15) is 0 Å². The summed E-state index contributed by atoms with van der Waals surface area (Å²) in [5.74, 6) is -0.883. The van der Waals surface area contributed by atoms with E-state index in [-0.39, 0.29) is 5.69 Å². The van der Waals surface area contributed by atoms with E-state index in [1.807, 2.05) is 0 Å². The maximum absolute atomic E-state index is 13.2. The number of hydrogen-bond acceptors (Lipinski definition) is 1. The second-order valence-electron chi connectivity index (χ2n) is 2.95. The number of nitrogens with one attached hydrogen (secondary N) is 1. The molecule has 0 aromatic heterocycles. The third-order valence-electron chi connectivity index (χ3n) is 1.72. The summed E-state index contributed by atoms with van der Waals surface area (Å²) in [6.07, 6.45) is 0. The molecule has 0 unspecified atom stereocenters. The van der Waals surface area contributed by atoms with E-state index in [2.05, 4.69) is 27.8 Å². The van der Waals surface area contributed by atoms with Gasteiger partial charge in [-0.1, -0.05) is 22.5 Å². The highest BCUT2D eigenvalue weighted by Gasteiger charge is 2.06. The Morgan fingerprint density at radius 3 is 2.64 bits per heavy atom. The van der Waals surface area contributed by atoms with Gasteiger partial charge in [0.25, 0.3) is 0 Å². The van der Waals surface area contributed by atoms with Crippen LogP contribution in [-0.2, 0) is 0 Å². The molecular weight excluding hydrogens is 252 g/mol. The Kier molecular flexibility index (Phi) is 3.63. The summed E-state index contributed by atoms with van der Waals surface area (Å²) in [5.41, 5.74) is 0.444. The first kappa shape index (κ1) is 11.2. The molecule has 0 saturated carbocycles. The summed E-state index contributed by atoms with van der Waals surface area (Å²) in [7, 11) is 0. The summed E-state index contributed by atoms with van der Waals surface area (Å²) in [4.78, 5) is 0. The van der Waals surface area contributed by atoms with Gasteiger partial charge in [-0.15, -0.1) is 0 Å². The molecule has 0 spiro atoms.